The van der Waals surface area contributed by atoms with Crippen LogP contribution in [0.15, 0.2) is 79.0 Å². The van der Waals surface area contributed by atoms with E-state index in [1.807, 2.05) is 60.7 Å². The number of hydrogen-bond donors (Lipinski definition) is 2. The largest absolute Gasteiger partial charge is 0.350 e. The van der Waals surface area contributed by atoms with E-state index in [1.54, 1.807) is 18.3 Å². The lowest BCUT2D eigenvalue weighted by Gasteiger charge is -2.08. The van der Waals surface area contributed by atoms with Crippen LogP contribution in [-0.4, -0.2) is 27.6 Å². The topological polar surface area (TPSA) is 79.8 Å². The van der Waals surface area contributed by atoms with Crippen molar-refractivity contribution in [2.24, 2.45) is 0 Å². The van der Waals surface area contributed by atoms with Crippen LogP contribution in [0, 0.1) is 0 Å². The molecular weight excluding hydrogens is 350 g/mol. The number of pyridine rings is 1. The number of benzene rings is 2. The lowest BCUT2D eigenvalue weighted by molar-refractivity contribution is 0.0948. The highest BCUT2D eigenvalue weighted by molar-refractivity contribution is 5.93. The second kappa shape index (κ2) is 8.26. The summed E-state index contributed by atoms with van der Waals surface area (Å²) in [6.45, 7) is 0.548. The highest BCUT2D eigenvalue weighted by Gasteiger charge is 2.09. The second-order valence-corrected chi connectivity index (χ2v) is 6.30. The smallest absolute Gasteiger partial charge is 0.271 e. The summed E-state index contributed by atoms with van der Waals surface area (Å²) in [5.74, 6) is 0.320. The van der Waals surface area contributed by atoms with Gasteiger partial charge in [0, 0.05) is 18.1 Å². The molecule has 2 aromatic heterocycles. The van der Waals surface area contributed by atoms with E-state index in [9.17, 15) is 4.79 Å². The standard InChI is InChI=1S/C22H19N5O/c28-22(24-15-13-16-6-2-1-3-7-16)19-11-12-20(27-26-19)25-18-10-4-8-17-9-5-14-23-21(17)18/h1-12,14H,13,15H2,(H,24,28)(H,25,27). The van der Waals surface area contributed by atoms with Gasteiger partial charge in [0.05, 0.1) is 11.2 Å². The summed E-state index contributed by atoms with van der Waals surface area (Å²) in [5.41, 5.74) is 3.16. The van der Waals surface area contributed by atoms with Gasteiger partial charge in [-0.05, 0) is 36.2 Å². The first-order valence-corrected chi connectivity index (χ1v) is 9.06. The molecule has 1 amide bonds. The van der Waals surface area contributed by atoms with Gasteiger partial charge in [0.2, 0.25) is 0 Å². The van der Waals surface area contributed by atoms with Crippen molar-refractivity contribution in [1.82, 2.24) is 20.5 Å². The van der Waals surface area contributed by atoms with Gasteiger partial charge in [0.25, 0.3) is 5.91 Å². The summed E-state index contributed by atoms with van der Waals surface area (Å²) >= 11 is 0. The molecule has 0 spiro atoms. The molecule has 6 heteroatoms. The Hall–Kier alpha value is -3.80. The van der Waals surface area contributed by atoms with E-state index in [0.29, 0.717) is 12.4 Å². The van der Waals surface area contributed by atoms with Crippen molar-refractivity contribution in [1.29, 1.82) is 0 Å². The summed E-state index contributed by atoms with van der Waals surface area (Å²) in [6.07, 6.45) is 2.52. The summed E-state index contributed by atoms with van der Waals surface area (Å²) < 4.78 is 0. The molecule has 0 aliphatic rings. The molecule has 0 saturated carbocycles. The Morgan fingerprint density at radius 2 is 1.71 bits per heavy atom. The molecule has 0 radical (unpaired) electrons. The molecule has 0 unspecified atom stereocenters. The first-order valence-electron chi connectivity index (χ1n) is 9.06. The Bertz CT molecular complexity index is 1080. The van der Waals surface area contributed by atoms with Crippen LogP contribution in [0.3, 0.4) is 0 Å². The Kier molecular flexibility index (Phi) is 5.20. The molecule has 4 aromatic rings. The van der Waals surface area contributed by atoms with Gasteiger partial charge in [-0.1, -0.05) is 48.5 Å². The van der Waals surface area contributed by atoms with Crippen LogP contribution in [0.5, 0.6) is 0 Å². The Morgan fingerprint density at radius 3 is 2.54 bits per heavy atom. The number of aromatic nitrogens is 3. The maximum Gasteiger partial charge on any atom is 0.271 e. The molecule has 0 fully saturated rings. The summed E-state index contributed by atoms with van der Waals surface area (Å²) in [7, 11) is 0. The molecule has 2 heterocycles. The first-order chi connectivity index (χ1) is 13.8. The predicted octanol–water partition coefficient (Wildman–Crippen LogP) is 3.74. The van der Waals surface area contributed by atoms with Crippen LogP contribution in [0.4, 0.5) is 11.5 Å². The molecule has 138 valence electrons. The minimum atomic E-state index is -0.234. The van der Waals surface area contributed by atoms with Crippen molar-refractivity contribution >= 4 is 28.3 Å². The molecule has 28 heavy (non-hydrogen) atoms. The van der Waals surface area contributed by atoms with E-state index in [0.717, 1.165) is 23.0 Å². The van der Waals surface area contributed by atoms with Crippen LogP contribution in [0.2, 0.25) is 0 Å². The van der Waals surface area contributed by atoms with Crippen LogP contribution in [0.25, 0.3) is 10.9 Å². The van der Waals surface area contributed by atoms with E-state index in [-0.39, 0.29) is 11.6 Å². The molecule has 0 bridgehead atoms. The zero-order valence-corrected chi connectivity index (χ0v) is 15.2. The Balaban J connectivity index is 1.38. The predicted molar refractivity (Wildman–Crippen MR) is 110 cm³/mol. The fraction of sp³-hybridized carbons (Fsp3) is 0.0909. The van der Waals surface area contributed by atoms with Crippen molar-refractivity contribution in [2.75, 3.05) is 11.9 Å². The van der Waals surface area contributed by atoms with Crippen LogP contribution in [-0.2, 0) is 6.42 Å². The summed E-state index contributed by atoms with van der Waals surface area (Å²) in [6, 6.07) is 23.2. The molecular formula is C22H19N5O. The van der Waals surface area contributed by atoms with Crippen molar-refractivity contribution < 1.29 is 4.79 Å². The lowest BCUT2D eigenvalue weighted by atomic mass is 10.1. The maximum atomic E-state index is 12.2. The van der Waals surface area contributed by atoms with Crippen molar-refractivity contribution in [3.8, 4) is 0 Å². The van der Waals surface area contributed by atoms with E-state index in [1.165, 1.54) is 5.56 Å². The number of amides is 1. The van der Waals surface area contributed by atoms with Gasteiger partial charge in [0.1, 0.15) is 0 Å². The summed E-state index contributed by atoms with van der Waals surface area (Å²) in [4.78, 5) is 16.6. The Morgan fingerprint density at radius 1 is 0.857 bits per heavy atom. The molecule has 0 aliphatic heterocycles. The number of rotatable bonds is 6. The molecule has 2 N–H and O–H groups in total. The normalized spacial score (nSPS) is 10.6. The van der Waals surface area contributed by atoms with E-state index in [2.05, 4.69) is 25.8 Å². The number of nitrogens with one attached hydrogen (secondary N) is 2. The number of nitrogens with zero attached hydrogens (tertiary/aromatic N) is 3. The average molecular weight is 369 g/mol. The van der Waals surface area contributed by atoms with Gasteiger partial charge < -0.3 is 10.6 Å². The van der Waals surface area contributed by atoms with Gasteiger partial charge in [-0.3, -0.25) is 9.78 Å². The summed E-state index contributed by atoms with van der Waals surface area (Å²) in [5, 5.41) is 15.3. The third-order valence-electron chi connectivity index (χ3n) is 4.33. The van der Waals surface area contributed by atoms with E-state index < -0.39 is 0 Å². The number of fused-ring (bicyclic) bond motifs is 1. The molecule has 6 nitrogen and oxygen atoms in total. The van der Waals surface area contributed by atoms with E-state index in [4.69, 9.17) is 0 Å². The highest BCUT2D eigenvalue weighted by Crippen LogP contribution is 2.23. The zero-order valence-electron chi connectivity index (χ0n) is 15.2. The number of carbonyl (C=O) groups is 1. The second-order valence-electron chi connectivity index (χ2n) is 6.30. The minimum Gasteiger partial charge on any atom is -0.350 e. The fourth-order valence-corrected chi connectivity index (χ4v) is 2.92. The molecule has 4 rings (SSSR count). The number of anilines is 2. The maximum absolute atomic E-state index is 12.2. The first kappa shape index (κ1) is 17.6. The van der Waals surface area contributed by atoms with Crippen molar-refractivity contribution in [2.45, 2.75) is 6.42 Å². The van der Waals surface area contributed by atoms with Gasteiger partial charge >= 0.3 is 0 Å². The zero-order chi connectivity index (χ0) is 19.2. The minimum absolute atomic E-state index is 0.234. The third kappa shape index (κ3) is 4.12. The monoisotopic (exact) mass is 369 g/mol. The van der Waals surface area contributed by atoms with Crippen molar-refractivity contribution in [3.63, 3.8) is 0 Å². The van der Waals surface area contributed by atoms with Crippen LogP contribution >= 0.6 is 0 Å². The molecule has 2 aromatic carbocycles. The Labute approximate surface area is 162 Å². The quantitative estimate of drug-likeness (QED) is 0.541. The van der Waals surface area contributed by atoms with Gasteiger partial charge in [-0.25, -0.2) is 0 Å². The highest BCUT2D eigenvalue weighted by atomic mass is 16.1. The van der Waals surface area contributed by atoms with E-state index >= 15 is 0 Å². The number of para-hydroxylation sites is 1. The average Bonchev–Trinajstić information content (AvgIpc) is 2.75. The van der Waals surface area contributed by atoms with Crippen LogP contribution < -0.4 is 10.6 Å². The third-order valence-corrected chi connectivity index (χ3v) is 4.33. The molecule has 0 atom stereocenters. The van der Waals surface area contributed by atoms with Gasteiger partial charge in [-0.2, -0.15) is 0 Å². The van der Waals surface area contributed by atoms with Crippen molar-refractivity contribution in [3.05, 3.63) is 90.3 Å². The molecule has 0 aliphatic carbocycles. The fourth-order valence-electron chi connectivity index (χ4n) is 2.92. The van der Waals surface area contributed by atoms with Gasteiger partial charge in [0.15, 0.2) is 11.5 Å². The van der Waals surface area contributed by atoms with Gasteiger partial charge in [-0.15, -0.1) is 10.2 Å². The van der Waals surface area contributed by atoms with Crippen LogP contribution in [0.1, 0.15) is 16.1 Å². The number of hydrogen-bond acceptors (Lipinski definition) is 5. The SMILES string of the molecule is O=C(NCCc1ccccc1)c1ccc(Nc2cccc3cccnc23)nn1. The molecule has 0 saturated heterocycles. The number of carbonyl (C=O) groups excluding carboxylic acids is 1. The lowest BCUT2D eigenvalue weighted by Crippen LogP contribution is -2.26.